The average molecular weight is 258 g/mol. The van der Waals surface area contributed by atoms with Crippen molar-refractivity contribution in [1.29, 1.82) is 0 Å². The van der Waals surface area contributed by atoms with E-state index in [-0.39, 0.29) is 0 Å². The highest BCUT2D eigenvalue weighted by atomic mass is 16.5. The molecule has 0 aliphatic heterocycles. The van der Waals surface area contributed by atoms with Crippen LogP contribution < -0.4 is 15.4 Å². The van der Waals surface area contributed by atoms with Crippen LogP contribution in [0.4, 0.5) is 11.4 Å². The molecule has 0 atom stereocenters. The monoisotopic (exact) mass is 258 g/mol. The maximum Gasteiger partial charge on any atom is 0.123 e. The number of ether oxygens (including phenoxy) is 1. The van der Waals surface area contributed by atoms with E-state index in [0.717, 1.165) is 29.4 Å². The quantitative estimate of drug-likeness (QED) is 0.837. The van der Waals surface area contributed by atoms with Gasteiger partial charge in [-0.15, -0.1) is 0 Å². The minimum atomic E-state index is 0.580. The molecule has 1 aliphatic carbocycles. The molecule has 19 heavy (non-hydrogen) atoms. The fourth-order valence-corrected chi connectivity index (χ4v) is 2.28. The zero-order chi connectivity index (χ0) is 13.2. The maximum absolute atomic E-state index is 5.94. The molecule has 0 spiro atoms. The lowest BCUT2D eigenvalue weighted by Gasteiger charge is -2.24. The van der Waals surface area contributed by atoms with Crippen molar-refractivity contribution in [3.63, 3.8) is 0 Å². The summed E-state index contributed by atoms with van der Waals surface area (Å²) in [5.74, 6) is 1.76. The first-order valence-electron chi connectivity index (χ1n) is 6.50. The van der Waals surface area contributed by atoms with Gasteiger partial charge in [-0.1, -0.05) is 0 Å². The van der Waals surface area contributed by atoms with Crippen molar-refractivity contribution in [3.05, 3.63) is 42.4 Å². The summed E-state index contributed by atoms with van der Waals surface area (Å²) in [4.78, 5) is 2.33. The van der Waals surface area contributed by atoms with Gasteiger partial charge in [0.1, 0.15) is 11.5 Å². The molecule has 100 valence electrons. The highest BCUT2D eigenvalue weighted by Gasteiger charge is 2.30. The molecule has 0 saturated heterocycles. The lowest BCUT2D eigenvalue weighted by molar-refractivity contribution is 0.415. The van der Waals surface area contributed by atoms with Crippen molar-refractivity contribution >= 4 is 11.4 Å². The average Bonchev–Trinajstić information content (AvgIpc) is 3.12. The molecule has 1 aromatic carbocycles. The van der Waals surface area contributed by atoms with Crippen LogP contribution in [-0.2, 0) is 6.54 Å². The number of furan rings is 1. The molecule has 2 aromatic rings. The SMILES string of the molecule is COc1cc(N)cc(N(Cc2ccco2)C2CC2)c1. The van der Waals surface area contributed by atoms with Crippen LogP contribution in [0.5, 0.6) is 5.75 Å². The van der Waals surface area contributed by atoms with Gasteiger partial charge in [0.25, 0.3) is 0 Å². The van der Waals surface area contributed by atoms with Gasteiger partial charge >= 0.3 is 0 Å². The second-order valence-corrected chi connectivity index (χ2v) is 4.90. The summed E-state index contributed by atoms with van der Waals surface area (Å²) in [5.41, 5.74) is 7.75. The van der Waals surface area contributed by atoms with E-state index in [1.165, 1.54) is 12.8 Å². The first-order chi connectivity index (χ1) is 9.26. The molecule has 1 heterocycles. The van der Waals surface area contributed by atoms with Gasteiger partial charge in [-0.05, 0) is 31.0 Å². The standard InChI is InChI=1S/C15H18N2O2/c1-18-15-8-11(16)7-13(9-15)17(12-4-5-12)10-14-3-2-6-19-14/h2-3,6-9,12H,4-5,10,16H2,1H3. The fourth-order valence-electron chi connectivity index (χ4n) is 2.28. The Bertz CT molecular complexity index is 547. The third kappa shape index (κ3) is 2.67. The van der Waals surface area contributed by atoms with Gasteiger partial charge < -0.3 is 19.8 Å². The van der Waals surface area contributed by atoms with E-state index < -0.39 is 0 Å². The Morgan fingerprint density at radius 1 is 1.37 bits per heavy atom. The van der Waals surface area contributed by atoms with Gasteiger partial charge in [0.05, 0.1) is 19.9 Å². The molecule has 2 N–H and O–H groups in total. The molecular formula is C15H18N2O2. The van der Waals surface area contributed by atoms with Crippen LogP contribution in [0.25, 0.3) is 0 Å². The van der Waals surface area contributed by atoms with Crippen molar-refractivity contribution in [3.8, 4) is 5.75 Å². The van der Waals surface area contributed by atoms with Crippen LogP contribution in [0, 0.1) is 0 Å². The van der Waals surface area contributed by atoms with Crippen LogP contribution in [0.3, 0.4) is 0 Å². The number of hydrogen-bond donors (Lipinski definition) is 1. The smallest absolute Gasteiger partial charge is 0.123 e. The molecule has 4 heteroatoms. The summed E-state index contributed by atoms with van der Waals surface area (Å²) in [6, 6.07) is 10.3. The molecular weight excluding hydrogens is 240 g/mol. The minimum Gasteiger partial charge on any atom is -0.497 e. The van der Waals surface area contributed by atoms with Crippen LogP contribution in [0.15, 0.2) is 41.0 Å². The second-order valence-electron chi connectivity index (χ2n) is 4.90. The highest BCUT2D eigenvalue weighted by Crippen LogP contribution is 2.35. The number of rotatable bonds is 5. The number of nitrogens with two attached hydrogens (primary N) is 1. The topological polar surface area (TPSA) is 51.6 Å². The van der Waals surface area contributed by atoms with Crippen molar-refractivity contribution in [2.75, 3.05) is 17.7 Å². The van der Waals surface area contributed by atoms with Gasteiger partial charge in [0.2, 0.25) is 0 Å². The predicted molar refractivity (Wildman–Crippen MR) is 75.3 cm³/mol. The summed E-state index contributed by atoms with van der Waals surface area (Å²) in [6.07, 6.45) is 4.15. The fraction of sp³-hybridized carbons (Fsp3) is 0.333. The number of hydrogen-bond acceptors (Lipinski definition) is 4. The van der Waals surface area contributed by atoms with Crippen molar-refractivity contribution in [2.45, 2.75) is 25.4 Å². The number of methoxy groups -OCH3 is 1. The number of benzene rings is 1. The molecule has 1 aliphatic rings. The van der Waals surface area contributed by atoms with E-state index in [0.29, 0.717) is 6.04 Å². The van der Waals surface area contributed by atoms with E-state index in [9.17, 15) is 0 Å². The van der Waals surface area contributed by atoms with Crippen LogP contribution >= 0.6 is 0 Å². The molecule has 4 nitrogen and oxygen atoms in total. The Balaban J connectivity index is 1.89. The number of nitrogens with zero attached hydrogens (tertiary/aromatic N) is 1. The van der Waals surface area contributed by atoms with Crippen molar-refractivity contribution in [1.82, 2.24) is 0 Å². The third-order valence-electron chi connectivity index (χ3n) is 3.37. The van der Waals surface area contributed by atoms with Crippen LogP contribution in [0.2, 0.25) is 0 Å². The van der Waals surface area contributed by atoms with E-state index >= 15 is 0 Å². The Morgan fingerprint density at radius 3 is 2.84 bits per heavy atom. The molecule has 1 fully saturated rings. The molecule has 0 bridgehead atoms. The first-order valence-corrected chi connectivity index (χ1v) is 6.50. The Morgan fingerprint density at radius 2 is 2.21 bits per heavy atom. The van der Waals surface area contributed by atoms with Gasteiger partial charge in [-0.25, -0.2) is 0 Å². The largest absolute Gasteiger partial charge is 0.497 e. The molecule has 0 amide bonds. The normalized spacial score (nSPS) is 14.4. The lowest BCUT2D eigenvalue weighted by Crippen LogP contribution is -2.24. The van der Waals surface area contributed by atoms with Crippen molar-refractivity contribution < 1.29 is 9.15 Å². The zero-order valence-electron chi connectivity index (χ0n) is 11.0. The Labute approximate surface area is 112 Å². The highest BCUT2D eigenvalue weighted by molar-refractivity contribution is 5.61. The van der Waals surface area contributed by atoms with E-state index in [4.69, 9.17) is 14.9 Å². The molecule has 0 radical (unpaired) electrons. The van der Waals surface area contributed by atoms with Gasteiger partial charge in [0, 0.05) is 29.5 Å². The minimum absolute atomic E-state index is 0.580. The summed E-state index contributed by atoms with van der Waals surface area (Å²) >= 11 is 0. The van der Waals surface area contributed by atoms with E-state index in [2.05, 4.69) is 4.90 Å². The first kappa shape index (κ1) is 12.0. The second kappa shape index (κ2) is 4.88. The predicted octanol–water partition coefficient (Wildman–Crippen LogP) is 3.04. The van der Waals surface area contributed by atoms with Gasteiger partial charge in [-0.2, -0.15) is 0 Å². The lowest BCUT2D eigenvalue weighted by atomic mass is 10.2. The number of anilines is 2. The third-order valence-corrected chi connectivity index (χ3v) is 3.37. The summed E-state index contributed by atoms with van der Waals surface area (Å²) in [7, 11) is 1.66. The Kier molecular flexibility index (Phi) is 3.07. The summed E-state index contributed by atoms with van der Waals surface area (Å²) in [6.45, 7) is 0.768. The van der Waals surface area contributed by atoms with Gasteiger partial charge in [-0.3, -0.25) is 0 Å². The van der Waals surface area contributed by atoms with E-state index in [1.807, 2.05) is 30.3 Å². The van der Waals surface area contributed by atoms with E-state index in [1.54, 1.807) is 13.4 Å². The van der Waals surface area contributed by atoms with Crippen LogP contribution in [0.1, 0.15) is 18.6 Å². The molecule has 1 aromatic heterocycles. The molecule has 0 unspecified atom stereocenters. The maximum atomic E-state index is 5.94. The van der Waals surface area contributed by atoms with Gasteiger partial charge in [0.15, 0.2) is 0 Å². The van der Waals surface area contributed by atoms with Crippen LogP contribution in [-0.4, -0.2) is 13.2 Å². The number of nitrogen functional groups attached to an aromatic ring is 1. The molecule has 3 rings (SSSR count). The van der Waals surface area contributed by atoms with Crippen molar-refractivity contribution in [2.24, 2.45) is 0 Å². The molecule has 1 saturated carbocycles. The summed E-state index contributed by atoms with van der Waals surface area (Å²) in [5, 5.41) is 0. The summed E-state index contributed by atoms with van der Waals surface area (Å²) < 4.78 is 10.7. The zero-order valence-corrected chi connectivity index (χ0v) is 11.0. The Hall–Kier alpha value is -2.10.